The molecule has 0 spiro atoms. The Labute approximate surface area is 185 Å². The molecule has 2 heterocycles. The van der Waals surface area contributed by atoms with Crippen LogP contribution in [-0.4, -0.2) is 41.6 Å². The van der Waals surface area contributed by atoms with Crippen LogP contribution in [0.4, 0.5) is 0 Å². The zero-order chi connectivity index (χ0) is 19.1. The molecule has 1 atom stereocenters. The summed E-state index contributed by atoms with van der Waals surface area (Å²) in [4.78, 5) is 9.00. The number of nitrogens with one attached hydrogen (secondary N) is 2. The Kier molecular flexibility index (Phi) is 9.50. The van der Waals surface area contributed by atoms with Crippen LogP contribution in [0.1, 0.15) is 50.4 Å². The molecule has 6 nitrogen and oxygen atoms in total. The van der Waals surface area contributed by atoms with E-state index in [0.717, 1.165) is 42.8 Å². The van der Waals surface area contributed by atoms with Crippen molar-refractivity contribution in [2.45, 2.75) is 58.6 Å². The highest BCUT2D eigenvalue weighted by atomic mass is 127. The van der Waals surface area contributed by atoms with Crippen LogP contribution in [0.25, 0.3) is 5.65 Å². The topological polar surface area (TPSA) is 63.0 Å². The van der Waals surface area contributed by atoms with Gasteiger partial charge >= 0.3 is 0 Å². The Morgan fingerprint density at radius 1 is 1.32 bits per heavy atom. The van der Waals surface area contributed by atoms with E-state index in [1.165, 1.54) is 31.4 Å². The third kappa shape index (κ3) is 6.07. The SMILES string of the molecule is CCOC(CCNC(=NC)NCc1cn2c(C)cccc2n1)C1CCCC1.I. The van der Waals surface area contributed by atoms with Crippen LogP contribution >= 0.6 is 24.0 Å². The Balaban J connectivity index is 0.00000280. The standard InChI is InChI=1S/C21H33N5O.HI/c1-4-27-19(17-9-5-6-10-17)12-13-23-21(22-3)24-14-18-15-26-16(2)8-7-11-20(26)25-18;/h7-8,11,15,17,19H,4-6,9-10,12-14H2,1-3H3,(H2,22,23,24);1H. The number of imidazole rings is 1. The van der Waals surface area contributed by atoms with Gasteiger partial charge in [0.05, 0.1) is 18.3 Å². The van der Waals surface area contributed by atoms with E-state index in [4.69, 9.17) is 4.74 Å². The molecule has 1 saturated carbocycles. The number of rotatable bonds is 8. The zero-order valence-corrected chi connectivity index (χ0v) is 19.6. The van der Waals surface area contributed by atoms with Gasteiger partial charge in [-0.15, -0.1) is 24.0 Å². The van der Waals surface area contributed by atoms with Crippen molar-refractivity contribution in [2.24, 2.45) is 10.9 Å². The summed E-state index contributed by atoms with van der Waals surface area (Å²) >= 11 is 0. The van der Waals surface area contributed by atoms with Crippen LogP contribution in [0, 0.1) is 12.8 Å². The van der Waals surface area contributed by atoms with Gasteiger partial charge in [0.2, 0.25) is 0 Å². The molecule has 7 heteroatoms. The van der Waals surface area contributed by atoms with Gasteiger partial charge in [0.1, 0.15) is 5.65 Å². The minimum absolute atomic E-state index is 0. The normalized spacial score (nSPS) is 16.2. The molecule has 0 aromatic carbocycles. The molecule has 3 rings (SSSR count). The summed E-state index contributed by atoms with van der Waals surface area (Å²) in [6, 6.07) is 6.15. The second-order valence-corrected chi connectivity index (χ2v) is 7.31. The zero-order valence-electron chi connectivity index (χ0n) is 17.3. The Bertz CT molecular complexity index is 754. The summed E-state index contributed by atoms with van der Waals surface area (Å²) < 4.78 is 8.12. The van der Waals surface area contributed by atoms with Crippen LogP contribution in [0.3, 0.4) is 0 Å². The van der Waals surface area contributed by atoms with Crippen molar-refractivity contribution in [1.82, 2.24) is 20.0 Å². The molecule has 2 aromatic heterocycles. The van der Waals surface area contributed by atoms with Crippen LogP contribution in [0.5, 0.6) is 0 Å². The maximum absolute atomic E-state index is 6.00. The number of aryl methyl sites for hydroxylation is 1. The van der Waals surface area contributed by atoms with Gasteiger partial charge < -0.3 is 19.8 Å². The maximum atomic E-state index is 6.00. The minimum atomic E-state index is 0. The lowest BCUT2D eigenvalue weighted by Crippen LogP contribution is -2.39. The molecule has 2 aromatic rings. The van der Waals surface area contributed by atoms with Crippen molar-refractivity contribution in [1.29, 1.82) is 0 Å². The third-order valence-corrected chi connectivity index (χ3v) is 5.43. The quantitative estimate of drug-likeness (QED) is 0.329. The number of guanidine groups is 1. The first kappa shape index (κ1) is 22.9. The molecule has 1 fully saturated rings. The van der Waals surface area contributed by atoms with Crippen LogP contribution in [0.2, 0.25) is 0 Å². The van der Waals surface area contributed by atoms with Crippen LogP contribution < -0.4 is 10.6 Å². The van der Waals surface area contributed by atoms with Crippen molar-refractivity contribution >= 4 is 35.6 Å². The lowest BCUT2D eigenvalue weighted by Gasteiger charge is -2.24. The van der Waals surface area contributed by atoms with Crippen molar-refractivity contribution in [3.8, 4) is 0 Å². The Morgan fingerprint density at radius 2 is 2.11 bits per heavy atom. The molecule has 0 radical (unpaired) electrons. The number of aliphatic imine (C=N–C) groups is 1. The van der Waals surface area contributed by atoms with E-state index in [9.17, 15) is 0 Å². The van der Waals surface area contributed by atoms with Gasteiger partial charge in [-0.05, 0) is 51.2 Å². The van der Waals surface area contributed by atoms with E-state index in [0.29, 0.717) is 12.6 Å². The fraction of sp³-hybridized carbons (Fsp3) is 0.619. The van der Waals surface area contributed by atoms with Crippen molar-refractivity contribution in [3.05, 3.63) is 35.8 Å². The average Bonchev–Trinajstić information content (AvgIpc) is 3.34. The summed E-state index contributed by atoms with van der Waals surface area (Å²) in [5.41, 5.74) is 3.17. The van der Waals surface area contributed by atoms with Gasteiger partial charge in [-0.1, -0.05) is 18.9 Å². The predicted molar refractivity (Wildman–Crippen MR) is 126 cm³/mol. The van der Waals surface area contributed by atoms with Gasteiger partial charge in [0.15, 0.2) is 5.96 Å². The first-order valence-electron chi connectivity index (χ1n) is 10.2. The minimum Gasteiger partial charge on any atom is -0.378 e. The van der Waals surface area contributed by atoms with Gasteiger partial charge in [0.25, 0.3) is 0 Å². The molecule has 28 heavy (non-hydrogen) atoms. The van der Waals surface area contributed by atoms with E-state index in [2.05, 4.69) is 51.1 Å². The summed E-state index contributed by atoms with van der Waals surface area (Å²) in [5.74, 6) is 1.54. The number of halogens is 1. The molecule has 2 N–H and O–H groups in total. The predicted octanol–water partition coefficient (Wildman–Crippen LogP) is 3.91. The van der Waals surface area contributed by atoms with Crippen LogP contribution in [0.15, 0.2) is 29.4 Å². The lowest BCUT2D eigenvalue weighted by molar-refractivity contribution is 0.0169. The molecule has 0 aliphatic heterocycles. The molecule has 0 amide bonds. The van der Waals surface area contributed by atoms with Gasteiger partial charge in [-0.25, -0.2) is 4.98 Å². The van der Waals surface area contributed by atoms with Crippen LogP contribution in [-0.2, 0) is 11.3 Å². The van der Waals surface area contributed by atoms with Crippen molar-refractivity contribution < 1.29 is 4.74 Å². The second-order valence-electron chi connectivity index (χ2n) is 7.31. The first-order chi connectivity index (χ1) is 13.2. The Morgan fingerprint density at radius 3 is 2.79 bits per heavy atom. The van der Waals surface area contributed by atoms with Gasteiger partial charge in [-0.3, -0.25) is 4.99 Å². The number of ether oxygens (including phenoxy) is 1. The second kappa shape index (κ2) is 11.6. The Hall–Kier alpha value is -1.35. The summed E-state index contributed by atoms with van der Waals surface area (Å²) in [6.45, 7) is 6.49. The molecule has 0 bridgehead atoms. The number of aromatic nitrogens is 2. The van der Waals surface area contributed by atoms with Gasteiger partial charge in [0, 0.05) is 32.1 Å². The van der Waals surface area contributed by atoms with Crippen molar-refractivity contribution in [2.75, 3.05) is 20.2 Å². The number of nitrogens with zero attached hydrogens (tertiary/aromatic N) is 3. The molecule has 1 unspecified atom stereocenters. The highest BCUT2D eigenvalue weighted by molar-refractivity contribution is 14.0. The van der Waals surface area contributed by atoms with E-state index in [1.54, 1.807) is 7.05 Å². The molecular formula is C21H34IN5O. The summed E-state index contributed by atoms with van der Waals surface area (Å²) in [7, 11) is 1.81. The van der Waals surface area contributed by atoms with E-state index in [1.807, 2.05) is 12.1 Å². The average molecular weight is 499 g/mol. The lowest BCUT2D eigenvalue weighted by atomic mass is 9.98. The number of pyridine rings is 1. The van der Waals surface area contributed by atoms with Crippen molar-refractivity contribution in [3.63, 3.8) is 0 Å². The number of hydrogen-bond donors (Lipinski definition) is 2. The summed E-state index contributed by atoms with van der Waals surface area (Å²) in [6.07, 6.45) is 8.79. The molecule has 0 saturated heterocycles. The first-order valence-corrected chi connectivity index (χ1v) is 10.2. The molecule has 1 aliphatic rings. The fourth-order valence-corrected chi connectivity index (χ4v) is 4.01. The van der Waals surface area contributed by atoms with E-state index >= 15 is 0 Å². The third-order valence-electron chi connectivity index (χ3n) is 5.43. The smallest absolute Gasteiger partial charge is 0.191 e. The monoisotopic (exact) mass is 499 g/mol. The van der Waals surface area contributed by atoms with Gasteiger partial charge in [-0.2, -0.15) is 0 Å². The maximum Gasteiger partial charge on any atom is 0.191 e. The summed E-state index contributed by atoms with van der Waals surface area (Å²) in [5, 5.41) is 6.79. The number of fused-ring (bicyclic) bond motifs is 1. The molecule has 156 valence electrons. The highest BCUT2D eigenvalue weighted by Crippen LogP contribution is 2.30. The molecule has 1 aliphatic carbocycles. The highest BCUT2D eigenvalue weighted by Gasteiger charge is 2.25. The van der Waals surface area contributed by atoms with E-state index in [-0.39, 0.29) is 24.0 Å². The molecular weight excluding hydrogens is 465 g/mol. The largest absolute Gasteiger partial charge is 0.378 e. The number of hydrogen-bond acceptors (Lipinski definition) is 3. The van der Waals surface area contributed by atoms with E-state index < -0.39 is 0 Å². The fourth-order valence-electron chi connectivity index (χ4n) is 4.01.